The van der Waals surface area contributed by atoms with Gasteiger partial charge in [0.2, 0.25) is 0 Å². The van der Waals surface area contributed by atoms with Crippen LogP contribution in [0.2, 0.25) is 0 Å². The molecular weight excluding hydrogens is 362 g/mol. The van der Waals surface area contributed by atoms with Crippen molar-refractivity contribution in [2.75, 3.05) is 19.0 Å². The van der Waals surface area contributed by atoms with Gasteiger partial charge in [0, 0.05) is 47.3 Å². The molecule has 0 saturated carbocycles. The van der Waals surface area contributed by atoms with Crippen molar-refractivity contribution < 1.29 is 4.79 Å². The number of nitrogens with one attached hydrogen (secondary N) is 2. The van der Waals surface area contributed by atoms with Crippen LogP contribution >= 0.6 is 0 Å². The Morgan fingerprint density at radius 2 is 1.76 bits per heavy atom. The number of H-pyrrole nitrogens is 1. The number of fused-ring (bicyclic) bond motifs is 3. The summed E-state index contributed by atoms with van der Waals surface area (Å²) in [5.41, 5.74) is 8.38. The fourth-order valence-electron chi connectivity index (χ4n) is 3.31. The molecule has 6 nitrogen and oxygen atoms in total. The molecule has 0 aliphatic carbocycles. The van der Waals surface area contributed by atoms with Crippen LogP contribution in [0.3, 0.4) is 0 Å². The number of hydrogen-bond donors (Lipinski definition) is 2. The summed E-state index contributed by atoms with van der Waals surface area (Å²) in [6, 6.07) is 18.0. The van der Waals surface area contributed by atoms with E-state index < -0.39 is 0 Å². The van der Waals surface area contributed by atoms with Crippen LogP contribution < -0.4 is 10.3 Å². The zero-order chi connectivity index (χ0) is 20.5. The summed E-state index contributed by atoms with van der Waals surface area (Å²) in [6.45, 7) is 3.66. The standard InChI is InChI=1S/C23H23N5O/c1-14(2)26-27-23(29)20-13-18-17-7-5-6-8-19(17)24-22(18)21(25-20)15-9-11-16(12-10-15)28(3)4/h5-13,24H,1-4H3,(H,27,29). The first-order valence-corrected chi connectivity index (χ1v) is 9.44. The summed E-state index contributed by atoms with van der Waals surface area (Å²) in [4.78, 5) is 22.9. The number of nitrogens with zero attached hydrogens (tertiary/aromatic N) is 3. The number of carbonyl (C=O) groups excluding carboxylic acids is 1. The van der Waals surface area contributed by atoms with Gasteiger partial charge in [0.1, 0.15) is 5.69 Å². The molecule has 0 atom stereocenters. The maximum Gasteiger partial charge on any atom is 0.289 e. The van der Waals surface area contributed by atoms with Crippen LogP contribution in [0.1, 0.15) is 24.3 Å². The number of para-hydroxylation sites is 1. The van der Waals surface area contributed by atoms with Crippen molar-refractivity contribution in [2.24, 2.45) is 5.10 Å². The van der Waals surface area contributed by atoms with E-state index in [-0.39, 0.29) is 5.91 Å². The number of carbonyl (C=O) groups is 1. The highest BCUT2D eigenvalue weighted by molar-refractivity contribution is 6.13. The van der Waals surface area contributed by atoms with Crippen molar-refractivity contribution in [3.8, 4) is 11.3 Å². The number of aromatic nitrogens is 2. The van der Waals surface area contributed by atoms with Crippen LogP contribution in [-0.2, 0) is 0 Å². The SMILES string of the molecule is CC(C)=NNC(=O)c1cc2c([nH]c3ccccc32)c(-c2ccc(N(C)C)cc2)n1. The predicted octanol–water partition coefficient (Wildman–Crippen LogP) is 4.57. The molecule has 4 aromatic rings. The minimum absolute atomic E-state index is 0.329. The number of anilines is 1. The van der Waals surface area contributed by atoms with Gasteiger partial charge in [0.25, 0.3) is 5.91 Å². The van der Waals surface area contributed by atoms with E-state index in [1.165, 1.54) is 0 Å². The first-order chi connectivity index (χ1) is 13.9. The fourth-order valence-corrected chi connectivity index (χ4v) is 3.31. The summed E-state index contributed by atoms with van der Waals surface area (Å²) < 4.78 is 0. The Hall–Kier alpha value is -3.67. The molecule has 0 radical (unpaired) electrons. The summed E-state index contributed by atoms with van der Waals surface area (Å²) in [5, 5.41) is 6.05. The smallest absolute Gasteiger partial charge is 0.289 e. The Morgan fingerprint density at radius 1 is 1.03 bits per heavy atom. The molecule has 6 heteroatoms. The van der Waals surface area contributed by atoms with Gasteiger partial charge in [-0.2, -0.15) is 5.10 Å². The highest BCUT2D eigenvalue weighted by atomic mass is 16.2. The normalized spacial score (nSPS) is 10.9. The van der Waals surface area contributed by atoms with Crippen LogP contribution in [0.15, 0.2) is 59.7 Å². The van der Waals surface area contributed by atoms with Crippen LogP contribution in [-0.4, -0.2) is 35.7 Å². The summed E-state index contributed by atoms with van der Waals surface area (Å²) >= 11 is 0. The van der Waals surface area contributed by atoms with Gasteiger partial charge in [0.15, 0.2) is 0 Å². The third-order valence-electron chi connectivity index (χ3n) is 4.77. The molecule has 0 bridgehead atoms. The molecular formula is C23H23N5O. The van der Waals surface area contributed by atoms with E-state index >= 15 is 0 Å². The van der Waals surface area contributed by atoms with Gasteiger partial charge in [-0.1, -0.05) is 30.3 Å². The Balaban J connectivity index is 1.93. The lowest BCUT2D eigenvalue weighted by Gasteiger charge is -2.13. The van der Waals surface area contributed by atoms with Crippen molar-refractivity contribution in [1.82, 2.24) is 15.4 Å². The van der Waals surface area contributed by atoms with E-state index in [1.54, 1.807) is 0 Å². The largest absolute Gasteiger partial charge is 0.378 e. The van der Waals surface area contributed by atoms with Crippen molar-refractivity contribution in [1.29, 1.82) is 0 Å². The summed E-state index contributed by atoms with van der Waals surface area (Å²) in [7, 11) is 4.01. The van der Waals surface area contributed by atoms with Gasteiger partial charge in [-0.15, -0.1) is 0 Å². The van der Waals surface area contributed by atoms with E-state index in [1.807, 2.05) is 87.4 Å². The number of benzene rings is 2. The molecule has 29 heavy (non-hydrogen) atoms. The van der Waals surface area contributed by atoms with E-state index in [0.29, 0.717) is 5.69 Å². The van der Waals surface area contributed by atoms with Crippen molar-refractivity contribution in [2.45, 2.75) is 13.8 Å². The number of aromatic amines is 1. The van der Waals surface area contributed by atoms with E-state index in [9.17, 15) is 4.79 Å². The van der Waals surface area contributed by atoms with E-state index in [2.05, 4.69) is 15.5 Å². The summed E-state index contributed by atoms with van der Waals surface area (Å²) in [6.07, 6.45) is 0. The quantitative estimate of drug-likeness (QED) is 0.399. The maximum atomic E-state index is 12.7. The van der Waals surface area contributed by atoms with Crippen LogP contribution in [0, 0.1) is 0 Å². The summed E-state index contributed by atoms with van der Waals surface area (Å²) in [5.74, 6) is -0.329. The molecule has 2 aromatic carbocycles. The van der Waals surface area contributed by atoms with E-state index in [0.717, 1.165) is 44.5 Å². The highest BCUT2D eigenvalue weighted by Crippen LogP contribution is 2.33. The minimum atomic E-state index is -0.329. The van der Waals surface area contributed by atoms with Gasteiger partial charge in [-0.25, -0.2) is 10.4 Å². The lowest BCUT2D eigenvalue weighted by atomic mass is 10.1. The molecule has 4 rings (SSSR count). The van der Waals surface area contributed by atoms with Crippen LogP contribution in [0.25, 0.3) is 33.1 Å². The third kappa shape index (κ3) is 3.57. The van der Waals surface area contributed by atoms with Gasteiger partial charge in [-0.3, -0.25) is 4.79 Å². The number of hydrazone groups is 1. The number of pyridine rings is 1. The second kappa shape index (κ2) is 7.39. The monoisotopic (exact) mass is 385 g/mol. The molecule has 0 unspecified atom stereocenters. The molecule has 0 aliphatic rings. The highest BCUT2D eigenvalue weighted by Gasteiger charge is 2.17. The third-order valence-corrected chi connectivity index (χ3v) is 4.77. The first kappa shape index (κ1) is 18.7. The lowest BCUT2D eigenvalue weighted by Crippen LogP contribution is -2.20. The number of amides is 1. The predicted molar refractivity (Wildman–Crippen MR) is 120 cm³/mol. The van der Waals surface area contributed by atoms with Crippen molar-refractivity contribution in [3.05, 3.63) is 60.3 Å². The molecule has 1 amide bonds. The molecule has 0 saturated heterocycles. The molecule has 2 heterocycles. The van der Waals surface area contributed by atoms with Gasteiger partial charge < -0.3 is 9.88 Å². The molecule has 0 spiro atoms. The topological polar surface area (TPSA) is 73.4 Å². The molecule has 0 aliphatic heterocycles. The Bertz CT molecular complexity index is 1230. The Morgan fingerprint density at radius 3 is 2.45 bits per heavy atom. The van der Waals surface area contributed by atoms with Crippen LogP contribution in [0.4, 0.5) is 5.69 Å². The second-order valence-electron chi connectivity index (χ2n) is 7.39. The Labute approximate surface area is 169 Å². The van der Waals surface area contributed by atoms with E-state index in [4.69, 9.17) is 4.98 Å². The molecule has 2 N–H and O–H groups in total. The average Bonchev–Trinajstić information content (AvgIpc) is 3.10. The fraction of sp³-hybridized carbons (Fsp3) is 0.174. The number of hydrogen-bond acceptors (Lipinski definition) is 4. The molecule has 146 valence electrons. The Kier molecular flexibility index (Phi) is 4.76. The van der Waals surface area contributed by atoms with Crippen LogP contribution in [0.5, 0.6) is 0 Å². The minimum Gasteiger partial charge on any atom is -0.378 e. The van der Waals surface area contributed by atoms with Gasteiger partial charge in [0.05, 0.1) is 11.2 Å². The average molecular weight is 385 g/mol. The lowest BCUT2D eigenvalue weighted by molar-refractivity contribution is 0.0950. The van der Waals surface area contributed by atoms with Gasteiger partial charge in [-0.05, 0) is 38.1 Å². The number of rotatable bonds is 4. The van der Waals surface area contributed by atoms with Crippen molar-refractivity contribution in [3.63, 3.8) is 0 Å². The molecule has 0 fully saturated rings. The maximum absolute atomic E-state index is 12.7. The molecule has 2 aromatic heterocycles. The zero-order valence-corrected chi connectivity index (χ0v) is 16.9. The second-order valence-corrected chi connectivity index (χ2v) is 7.39. The zero-order valence-electron chi connectivity index (χ0n) is 16.9. The first-order valence-electron chi connectivity index (χ1n) is 9.44. The van der Waals surface area contributed by atoms with Crippen molar-refractivity contribution >= 4 is 39.1 Å². The van der Waals surface area contributed by atoms with Gasteiger partial charge >= 0.3 is 0 Å².